The largest absolute Gasteiger partial charge is 0.497 e. The van der Waals surface area contributed by atoms with Crippen LogP contribution in [0.1, 0.15) is 33.3 Å². The van der Waals surface area contributed by atoms with E-state index in [2.05, 4.69) is 5.32 Å². The van der Waals surface area contributed by atoms with E-state index in [-0.39, 0.29) is 17.1 Å². The van der Waals surface area contributed by atoms with Crippen molar-refractivity contribution in [3.05, 3.63) is 89.2 Å². The third-order valence-corrected chi connectivity index (χ3v) is 8.01. The summed E-state index contributed by atoms with van der Waals surface area (Å²) in [5.74, 6) is -1.02. The third kappa shape index (κ3) is 7.95. The smallest absolute Gasteiger partial charge is 0.264 e. The van der Waals surface area contributed by atoms with Crippen LogP contribution < -0.4 is 14.4 Å². The normalized spacial score (nSPS) is 12.4. The lowest BCUT2D eigenvalue weighted by molar-refractivity contribution is -0.140. The van der Waals surface area contributed by atoms with Crippen molar-refractivity contribution in [2.24, 2.45) is 0 Å². The molecule has 0 aliphatic carbocycles. The molecular formula is C29H33ClFN3O5S. The maximum Gasteiger partial charge on any atom is 0.264 e. The number of methoxy groups -OCH3 is 1. The van der Waals surface area contributed by atoms with E-state index in [4.69, 9.17) is 16.3 Å². The third-order valence-electron chi connectivity index (χ3n) is 5.97. The van der Waals surface area contributed by atoms with Crippen molar-refractivity contribution >= 4 is 39.1 Å². The summed E-state index contributed by atoms with van der Waals surface area (Å²) < 4.78 is 47.3. The minimum Gasteiger partial charge on any atom is -0.497 e. The first kappa shape index (κ1) is 30.9. The molecule has 3 rings (SSSR count). The van der Waals surface area contributed by atoms with E-state index < -0.39 is 45.8 Å². The Balaban J connectivity index is 2.03. The number of nitrogens with zero attached hydrogens (tertiary/aromatic N) is 2. The number of halogens is 2. The predicted octanol–water partition coefficient (Wildman–Crippen LogP) is 5.02. The summed E-state index contributed by atoms with van der Waals surface area (Å²) in [6, 6.07) is 16.4. The number of ether oxygens (including phenoxy) is 1. The van der Waals surface area contributed by atoms with Crippen molar-refractivity contribution in [2.75, 3.05) is 18.0 Å². The first-order valence-corrected chi connectivity index (χ1v) is 14.3. The average Bonchev–Trinajstić information content (AvgIpc) is 2.90. The molecule has 0 radical (unpaired) electrons. The fourth-order valence-corrected chi connectivity index (χ4v) is 5.39. The van der Waals surface area contributed by atoms with Gasteiger partial charge in [-0.25, -0.2) is 12.8 Å². The van der Waals surface area contributed by atoms with Gasteiger partial charge in [0.25, 0.3) is 10.0 Å². The maximum absolute atomic E-state index is 13.9. The molecule has 0 heterocycles. The van der Waals surface area contributed by atoms with E-state index in [0.717, 1.165) is 4.31 Å². The predicted molar refractivity (Wildman–Crippen MR) is 153 cm³/mol. The summed E-state index contributed by atoms with van der Waals surface area (Å²) in [7, 11) is -2.77. The van der Waals surface area contributed by atoms with Gasteiger partial charge in [-0.15, -0.1) is 0 Å². The van der Waals surface area contributed by atoms with Gasteiger partial charge in [-0.2, -0.15) is 0 Å². The Bertz CT molecular complexity index is 1420. The molecule has 1 atom stereocenters. The summed E-state index contributed by atoms with van der Waals surface area (Å²) >= 11 is 6.04. The van der Waals surface area contributed by atoms with Crippen molar-refractivity contribution in [3.63, 3.8) is 0 Å². The van der Waals surface area contributed by atoms with Gasteiger partial charge < -0.3 is 15.0 Å². The highest BCUT2D eigenvalue weighted by Gasteiger charge is 2.33. The van der Waals surface area contributed by atoms with Crippen LogP contribution in [0.4, 0.5) is 10.1 Å². The number of sulfonamides is 1. The highest BCUT2D eigenvalue weighted by atomic mass is 35.5. The number of hydrogen-bond acceptors (Lipinski definition) is 5. The average molecular weight is 590 g/mol. The summed E-state index contributed by atoms with van der Waals surface area (Å²) in [5, 5.41) is 3.25. The summed E-state index contributed by atoms with van der Waals surface area (Å²) in [6.45, 7) is 6.35. The Morgan fingerprint density at radius 3 is 2.08 bits per heavy atom. The van der Waals surface area contributed by atoms with Gasteiger partial charge in [0.05, 0.1) is 17.7 Å². The Labute approximate surface area is 239 Å². The van der Waals surface area contributed by atoms with Gasteiger partial charge in [-0.3, -0.25) is 13.9 Å². The molecule has 0 aliphatic rings. The number of carbonyl (C=O) groups is 2. The molecule has 0 saturated carbocycles. The monoisotopic (exact) mass is 589 g/mol. The van der Waals surface area contributed by atoms with E-state index in [9.17, 15) is 22.4 Å². The molecule has 0 aromatic heterocycles. The highest BCUT2D eigenvalue weighted by molar-refractivity contribution is 7.92. The summed E-state index contributed by atoms with van der Waals surface area (Å²) in [5.41, 5.74) is 0.214. The van der Waals surface area contributed by atoms with Crippen LogP contribution in [0.15, 0.2) is 77.7 Å². The van der Waals surface area contributed by atoms with Crippen LogP contribution in [0.25, 0.3) is 0 Å². The second kappa shape index (κ2) is 12.7. The van der Waals surface area contributed by atoms with Crippen LogP contribution in [0.5, 0.6) is 5.75 Å². The SMILES string of the molecule is COc1ccc(S(=O)(=O)N(CC(=O)N(Cc2ccc(F)cc2)[C@H](C)C(=O)NC(C)(C)C)c2ccc(Cl)cc2)cc1. The number of nitrogens with one attached hydrogen (secondary N) is 1. The Kier molecular flexibility index (Phi) is 9.81. The molecule has 0 unspecified atom stereocenters. The minimum atomic E-state index is -4.24. The molecule has 11 heteroatoms. The van der Waals surface area contributed by atoms with Crippen molar-refractivity contribution in [1.82, 2.24) is 10.2 Å². The van der Waals surface area contributed by atoms with E-state index in [1.807, 2.05) is 20.8 Å². The van der Waals surface area contributed by atoms with Crippen molar-refractivity contribution in [3.8, 4) is 5.75 Å². The Morgan fingerprint density at radius 1 is 0.975 bits per heavy atom. The molecule has 0 aliphatic heterocycles. The van der Waals surface area contributed by atoms with E-state index in [1.54, 1.807) is 6.92 Å². The number of benzene rings is 3. The van der Waals surface area contributed by atoms with E-state index in [0.29, 0.717) is 16.3 Å². The minimum absolute atomic E-state index is 0.0467. The van der Waals surface area contributed by atoms with Crippen molar-refractivity contribution in [1.29, 1.82) is 0 Å². The molecule has 0 fully saturated rings. The molecule has 2 amide bonds. The van der Waals surface area contributed by atoms with Crippen molar-refractivity contribution in [2.45, 2.75) is 50.7 Å². The van der Waals surface area contributed by atoms with E-state index >= 15 is 0 Å². The van der Waals surface area contributed by atoms with Gasteiger partial charge in [-0.05, 0) is 93.9 Å². The molecule has 3 aromatic rings. The number of carbonyl (C=O) groups excluding carboxylic acids is 2. The topological polar surface area (TPSA) is 96.0 Å². The highest BCUT2D eigenvalue weighted by Crippen LogP contribution is 2.27. The Hall–Kier alpha value is -3.63. The molecular weight excluding hydrogens is 557 g/mol. The van der Waals surface area contributed by atoms with Gasteiger partial charge in [0.1, 0.15) is 24.2 Å². The molecule has 8 nitrogen and oxygen atoms in total. The maximum atomic E-state index is 13.9. The zero-order valence-corrected chi connectivity index (χ0v) is 24.6. The molecule has 0 saturated heterocycles. The van der Waals surface area contributed by atoms with Crippen LogP contribution in [0, 0.1) is 5.82 Å². The second-order valence-electron chi connectivity index (χ2n) is 10.2. The van der Waals surface area contributed by atoms with Crippen LogP contribution in [0.3, 0.4) is 0 Å². The van der Waals surface area contributed by atoms with Crippen molar-refractivity contribution < 1.29 is 27.1 Å². The molecule has 214 valence electrons. The lowest BCUT2D eigenvalue weighted by Gasteiger charge is -2.33. The fraction of sp³-hybridized carbons (Fsp3) is 0.310. The molecule has 3 aromatic carbocycles. The molecule has 0 bridgehead atoms. The van der Waals surface area contributed by atoms with Gasteiger partial charge in [0.15, 0.2) is 0 Å². The van der Waals surface area contributed by atoms with Gasteiger partial charge in [0, 0.05) is 17.1 Å². The lowest BCUT2D eigenvalue weighted by atomic mass is 10.1. The van der Waals surface area contributed by atoms with E-state index in [1.165, 1.54) is 84.8 Å². The molecule has 0 spiro atoms. The van der Waals surface area contributed by atoms with Gasteiger partial charge in [-0.1, -0.05) is 23.7 Å². The summed E-state index contributed by atoms with van der Waals surface area (Å²) in [6.07, 6.45) is 0. The number of hydrogen-bond donors (Lipinski definition) is 1. The molecule has 40 heavy (non-hydrogen) atoms. The number of rotatable bonds is 10. The van der Waals surface area contributed by atoms with Crippen LogP contribution >= 0.6 is 11.6 Å². The zero-order valence-electron chi connectivity index (χ0n) is 23.0. The van der Waals surface area contributed by atoms with Crippen LogP contribution in [-0.2, 0) is 26.2 Å². The van der Waals surface area contributed by atoms with Crippen LogP contribution in [-0.4, -0.2) is 50.4 Å². The number of anilines is 1. The molecule has 1 N–H and O–H groups in total. The first-order chi connectivity index (χ1) is 18.7. The van der Waals surface area contributed by atoms with Gasteiger partial charge >= 0.3 is 0 Å². The second-order valence-corrected chi connectivity index (χ2v) is 12.5. The zero-order chi connectivity index (χ0) is 29.7. The standard InChI is InChI=1S/C29H33ClFN3O5S/c1-20(28(36)32-29(2,3)4)33(18-21-6-10-23(31)11-7-21)27(35)19-34(24-12-8-22(30)9-13-24)40(37,38)26-16-14-25(39-5)15-17-26/h6-17,20H,18-19H2,1-5H3,(H,32,36)/t20-/m1/s1. The quantitative estimate of drug-likeness (QED) is 0.358. The van der Waals surface area contributed by atoms with Crippen LogP contribution in [0.2, 0.25) is 5.02 Å². The lowest BCUT2D eigenvalue weighted by Crippen LogP contribution is -2.54. The first-order valence-electron chi connectivity index (χ1n) is 12.5. The van der Waals surface area contributed by atoms with Gasteiger partial charge in [0.2, 0.25) is 11.8 Å². The Morgan fingerprint density at radius 2 is 1.55 bits per heavy atom. The fourth-order valence-electron chi connectivity index (χ4n) is 3.85. The summed E-state index contributed by atoms with van der Waals surface area (Å²) in [4.78, 5) is 28.2. The number of amides is 2.